The van der Waals surface area contributed by atoms with Crippen molar-refractivity contribution < 1.29 is 19.4 Å². The number of aromatic carboxylic acids is 1. The molecule has 0 amide bonds. The van der Waals surface area contributed by atoms with Crippen LogP contribution in [0.4, 0.5) is 0 Å². The molecule has 1 aliphatic rings. The van der Waals surface area contributed by atoms with Crippen LogP contribution in [0.2, 0.25) is 0 Å². The van der Waals surface area contributed by atoms with Crippen LogP contribution in [0.3, 0.4) is 0 Å². The van der Waals surface area contributed by atoms with Crippen molar-refractivity contribution >= 4 is 12.3 Å². The van der Waals surface area contributed by atoms with Gasteiger partial charge in [0.05, 0.1) is 0 Å². The molecule has 1 aromatic heterocycles. The maximum Gasteiger partial charge on any atom is 0.356 e. The van der Waals surface area contributed by atoms with E-state index in [2.05, 4.69) is 5.10 Å². The summed E-state index contributed by atoms with van der Waals surface area (Å²) in [4.78, 5) is 22.0. The monoisotopic (exact) mass is 238 g/mol. The Morgan fingerprint density at radius 3 is 2.88 bits per heavy atom. The highest BCUT2D eigenvalue weighted by Gasteiger charge is 2.25. The van der Waals surface area contributed by atoms with E-state index in [1.54, 1.807) is 6.92 Å². The molecular formula is C11H14N2O4. The summed E-state index contributed by atoms with van der Waals surface area (Å²) in [7, 11) is 0. The third-order valence-electron chi connectivity index (χ3n) is 2.94. The van der Waals surface area contributed by atoms with Gasteiger partial charge in [-0.3, -0.25) is 4.79 Å². The van der Waals surface area contributed by atoms with Crippen molar-refractivity contribution in [1.82, 2.24) is 9.78 Å². The number of carboxylic acid groups (broad SMARTS) is 1. The molecule has 2 rings (SSSR count). The largest absolute Gasteiger partial charge is 0.476 e. The van der Waals surface area contributed by atoms with Gasteiger partial charge in [-0.15, -0.1) is 0 Å². The van der Waals surface area contributed by atoms with E-state index >= 15 is 0 Å². The molecule has 1 unspecified atom stereocenters. The Hall–Kier alpha value is -1.69. The molecule has 0 bridgehead atoms. The van der Waals surface area contributed by atoms with Crippen molar-refractivity contribution in [3.05, 3.63) is 17.0 Å². The molecule has 0 aliphatic carbocycles. The maximum atomic E-state index is 11.0. The van der Waals surface area contributed by atoms with Crippen LogP contribution in [0.1, 0.15) is 52.0 Å². The van der Waals surface area contributed by atoms with Crippen LogP contribution in [0.25, 0.3) is 0 Å². The van der Waals surface area contributed by atoms with E-state index < -0.39 is 5.97 Å². The van der Waals surface area contributed by atoms with Crippen LogP contribution < -0.4 is 0 Å². The number of hydrogen-bond acceptors (Lipinski definition) is 4. The maximum absolute atomic E-state index is 11.0. The Labute approximate surface area is 98.2 Å². The Morgan fingerprint density at radius 1 is 1.59 bits per heavy atom. The number of carbonyl (C=O) groups excluding carboxylic acids is 1. The van der Waals surface area contributed by atoms with Gasteiger partial charge < -0.3 is 9.84 Å². The molecule has 92 valence electrons. The number of aromatic nitrogens is 2. The van der Waals surface area contributed by atoms with Gasteiger partial charge in [0, 0.05) is 12.2 Å². The molecule has 0 aromatic carbocycles. The molecule has 6 heteroatoms. The van der Waals surface area contributed by atoms with Crippen molar-refractivity contribution in [3.8, 4) is 0 Å². The van der Waals surface area contributed by atoms with Crippen LogP contribution in [0, 0.1) is 6.92 Å². The van der Waals surface area contributed by atoms with Crippen molar-refractivity contribution in [1.29, 1.82) is 0 Å². The van der Waals surface area contributed by atoms with E-state index in [9.17, 15) is 9.59 Å². The van der Waals surface area contributed by atoms with E-state index in [1.165, 1.54) is 4.68 Å². The van der Waals surface area contributed by atoms with Crippen molar-refractivity contribution in [2.24, 2.45) is 0 Å². The van der Waals surface area contributed by atoms with Crippen molar-refractivity contribution in [2.75, 3.05) is 6.61 Å². The molecule has 0 spiro atoms. The molecule has 0 radical (unpaired) electrons. The summed E-state index contributed by atoms with van der Waals surface area (Å²) in [5, 5.41) is 12.9. The Balaban J connectivity index is 2.41. The SMILES string of the molecule is Cc1c(C(=O)O)nn(C2CCCCO2)c1C=O. The first kappa shape index (κ1) is 11.8. The second-order valence-electron chi connectivity index (χ2n) is 4.05. The Kier molecular flexibility index (Phi) is 3.23. The van der Waals surface area contributed by atoms with Gasteiger partial charge >= 0.3 is 5.97 Å². The summed E-state index contributed by atoms with van der Waals surface area (Å²) >= 11 is 0. The van der Waals surface area contributed by atoms with Gasteiger partial charge in [0.1, 0.15) is 5.69 Å². The zero-order valence-corrected chi connectivity index (χ0v) is 9.55. The lowest BCUT2D eigenvalue weighted by atomic mass is 10.1. The second-order valence-corrected chi connectivity index (χ2v) is 4.05. The molecule has 1 fully saturated rings. The molecule has 0 saturated carbocycles. The molecule has 17 heavy (non-hydrogen) atoms. The zero-order chi connectivity index (χ0) is 12.4. The third-order valence-corrected chi connectivity index (χ3v) is 2.94. The van der Waals surface area contributed by atoms with E-state index in [0.717, 1.165) is 19.3 Å². The standard InChI is InChI=1S/C11H14N2O4/c1-7-8(6-14)13(12-10(7)11(15)16)9-4-2-3-5-17-9/h6,9H,2-5H2,1H3,(H,15,16). The van der Waals surface area contributed by atoms with Gasteiger partial charge in [0.2, 0.25) is 0 Å². The van der Waals surface area contributed by atoms with E-state index in [1.807, 2.05) is 0 Å². The molecule has 6 nitrogen and oxygen atoms in total. The van der Waals surface area contributed by atoms with Crippen molar-refractivity contribution in [2.45, 2.75) is 32.4 Å². The van der Waals surface area contributed by atoms with E-state index in [-0.39, 0.29) is 17.6 Å². The smallest absolute Gasteiger partial charge is 0.356 e. The van der Waals surface area contributed by atoms with Gasteiger partial charge in [-0.25, -0.2) is 9.48 Å². The summed E-state index contributed by atoms with van der Waals surface area (Å²) in [5.74, 6) is -1.12. The van der Waals surface area contributed by atoms with Crippen LogP contribution in [-0.4, -0.2) is 33.7 Å². The summed E-state index contributed by atoms with van der Waals surface area (Å²) < 4.78 is 6.90. The normalized spacial score (nSPS) is 20.2. The topological polar surface area (TPSA) is 81.4 Å². The van der Waals surface area contributed by atoms with Gasteiger partial charge in [-0.1, -0.05) is 0 Å². The van der Waals surface area contributed by atoms with E-state index in [4.69, 9.17) is 9.84 Å². The first-order valence-corrected chi connectivity index (χ1v) is 5.54. The minimum absolute atomic E-state index is 0.0822. The number of rotatable bonds is 3. The van der Waals surface area contributed by atoms with Gasteiger partial charge in [-0.05, 0) is 26.2 Å². The quantitative estimate of drug-likeness (QED) is 0.805. The lowest BCUT2D eigenvalue weighted by Crippen LogP contribution is -2.21. The van der Waals surface area contributed by atoms with E-state index in [0.29, 0.717) is 18.5 Å². The number of hydrogen-bond donors (Lipinski definition) is 1. The average molecular weight is 238 g/mol. The highest BCUT2D eigenvalue weighted by atomic mass is 16.5. The van der Waals surface area contributed by atoms with Crippen LogP contribution in [0.5, 0.6) is 0 Å². The van der Waals surface area contributed by atoms with Gasteiger partial charge in [0.25, 0.3) is 0 Å². The summed E-state index contributed by atoms with van der Waals surface area (Å²) in [5.41, 5.74) is 0.595. The first-order chi connectivity index (χ1) is 8.15. The number of ether oxygens (including phenoxy) is 1. The molecule has 1 aliphatic heterocycles. The highest BCUT2D eigenvalue weighted by molar-refractivity contribution is 5.90. The zero-order valence-electron chi connectivity index (χ0n) is 9.55. The van der Waals surface area contributed by atoms with Crippen LogP contribution >= 0.6 is 0 Å². The van der Waals surface area contributed by atoms with Gasteiger partial charge in [-0.2, -0.15) is 5.10 Å². The Morgan fingerprint density at radius 2 is 2.35 bits per heavy atom. The highest BCUT2D eigenvalue weighted by Crippen LogP contribution is 2.25. The number of carbonyl (C=O) groups is 2. The van der Waals surface area contributed by atoms with Gasteiger partial charge in [0.15, 0.2) is 18.2 Å². The second kappa shape index (κ2) is 4.67. The predicted octanol–water partition coefficient (Wildman–Crippen LogP) is 1.40. The van der Waals surface area contributed by atoms with Crippen LogP contribution in [-0.2, 0) is 4.74 Å². The van der Waals surface area contributed by atoms with Crippen molar-refractivity contribution in [3.63, 3.8) is 0 Å². The fourth-order valence-electron chi connectivity index (χ4n) is 2.01. The average Bonchev–Trinajstić information content (AvgIpc) is 2.67. The third kappa shape index (κ3) is 2.08. The minimum atomic E-state index is -1.12. The molecule has 2 heterocycles. The Bertz CT molecular complexity index is 447. The summed E-state index contributed by atoms with van der Waals surface area (Å²) in [6.07, 6.45) is 3.03. The molecule has 1 aromatic rings. The first-order valence-electron chi connectivity index (χ1n) is 5.54. The number of carboxylic acids is 1. The molecular weight excluding hydrogens is 224 g/mol. The summed E-state index contributed by atoms with van der Waals surface area (Å²) in [6, 6.07) is 0. The number of nitrogens with zero attached hydrogens (tertiary/aromatic N) is 2. The predicted molar refractivity (Wildman–Crippen MR) is 58.2 cm³/mol. The fraction of sp³-hybridized carbons (Fsp3) is 0.545. The lowest BCUT2D eigenvalue weighted by Gasteiger charge is -2.23. The fourth-order valence-corrected chi connectivity index (χ4v) is 2.01. The number of aldehydes is 1. The minimum Gasteiger partial charge on any atom is -0.476 e. The summed E-state index contributed by atoms with van der Waals surface area (Å²) in [6.45, 7) is 2.20. The lowest BCUT2D eigenvalue weighted by molar-refractivity contribution is -0.0404. The van der Waals surface area contributed by atoms with Crippen LogP contribution in [0.15, 0.2) is 0 Å². The molecule has 1 N–H and O–H groups in total. The molecule has 1 saturated heterocycles. The molecule has 1 atom stereocenters.